The first-order chi connectivity index (χ1) is 6.75. The SMILES string of the molecule is Cc1ccnc(NC2CCCC2F)n1. The predicted molar refractivity (Wildman–Crippen MR) is 52.9 cm³/mol. The van der Waals surface area contributed by atoms with Crippen molar-refractivity contribution in [3.8, 4) is 0 Å². The van der Waals surface area contributed by atoms with Gasteiger partial charge in [0.2, 0.25) is 5.95 Å². The number of halogens is 1. The van der Waals surface area contributed by atoms with Crippen molar-refractivity contribution in [2.45, 2.75) is 38.4 Å². The van der Waals surface area contributed by atoms with Crippen molar-refractivity contribution in [3.05, 3.63) is 18.0 Å². The normalized spacial score (nSPS) is 26.4. The molecule has 0 amide bonds. The fourth-order valence-electron chi connectivity index (χ4n) is 1.76. The molecule has 2 atom stereocenters. The highest BCUT2D eigenvalue weighted by molar-refractivity contribution is 5.27. The molecule has 0 bridgehead atoms. The smallest absolute Gasteiger partial charge is 0.223 e. The highest BCUT2D eigenvalue weighted by atomic mass is 19.1. The summed E-state index contributed by atoms with van der Waals surface area (Å²) in [5, 5.41) is 3.03. The third-order valence-electron chi connectivity index (χ3n) is 2.54. The molecule has 2 unspecified atom stereocenters. The van der Waals surface area contributed by atoms with E-state index >= 15 is 0 Å². The molecule has 0 spiro atoms. The monoisotopic (exact) mass is 195 g/mol. The zero-order valence-electron chi connectivity index (χ0n) is 8.20. The molecule has 1 fully saturated rings. The Morgan fingerprint density at radius 2 is 2.36 bits per heavy atom. The van der Waals surface area contributed by atoms with E-state index in [9.17, 15) is 4.39 Å². The Hall–Kier alpha value is -1.19. The molecule has 1 aromatic heterocycles. The number of hydrogen-bond acceptors (Lipinski definition) is 3. The molecule has 3 nitrogen and oxygen atoms in total. The van der Waals surface area contributed by atoms with E-state index in [0.717, 1.165) is 18.5 Å². The van der Waals surface area contributed by atoms with Crippen LogP contribution in [0, 0.1) is 6.92 Å². The number of hydrogen-bond donors (Lipinski definition) is 1. The van der Waals surface area contributed by atoms with Gasteiger partial charge >= 0.3 is 0 Å². The molecule has 2 rings (SSSR count). The molecule has 1 heterocycles. The minimum absolute atomic E-state index is 0.100. The highest BCUT2D eigenvalue weighted by Gasteiger charge is 2.27. The molecule has 1 N–H and O–H groups in total. The molecule has 1 saturated carbocycles. The van der Waals surface area contributed by atoms with Gasteiger partial charge in [0.05, 0.1) is 6.04 Å². The Labute approximate surface area is 82.8 Å². The first-order valence-electron chi connectivity index (χ1n) is 4.96. The van der Waals surface area contributed by atoms with E-state index in [1.165, 1.54) is 0 Å². The van der Waals surface area contributed by atoms with E-state index in [-0.39, 0.29) is 6.04 Å². The van der Waals surface area contributed by atoms with Crippen LogP contribution in [0.25, 0.3) is 0 Å². The van der Waals surface area contributed by atoms with E-state index in [0.29, 0.717) is 12.4 Å². The van der Waals surface area contributed by atoms with Crippen LogP contribution in [0.3, 0.4) is 0 Å². The van der Waals surface area contributed by atoms with E-state index in [2.05, 4.69) is 15.3 Å². The second kappa shape index (κ2) is 3.90. The van der Waals surface area contributed by atoms with Gasteiger partial charge in [0.25, 0.3) is 0 Å². The number of nitrogens with zero attached hydrogens (tertiary/aromatic N) is 2. The lowest BCUT2D eigenvalue weighted by Crippen LogP contribution is -2.26. The Balaban J connectivity index is 2.03. The summed E-state index contributed by atoms with van der Waals surface area (Å²) >= 11 is 0. The molecule has 76 valence electrons. The summed E-state index contributed by atoms with van der Waals surface area (Å²) < 4.78 is 13.3. The van der Waals surface area contributed by atoms with Gasteiger partial charge < -0.3 is 5.32 Å². The number of aromatic nitrogens is 2. The summed E-state index contributed by atoms with van der Waals surface area (Å²) in [5.41, 5.74) is 0.899. The van der Waals surface area contributed by atoms with Crippen LogP contribution in [-0.2, 0) is 0 Å². The van der Waals surface area contributed by atoms with Gasteiger partial charge in [-0.25, -0.2) is 14.4 Å². The van der Waals surface area contributed by atoms with E-state index in [4.69, 9.17) is 0 Å². The van der Waals surface area contributed by atoms with Crippen molar-refractivity contribution >= 4 is 5.95 Å². The van der Waals surface area contributed by atoms with Crippen molar-refractivity contribution < 1.29 is 4.39 Å². The van der Waals surface area contributed by atoms with Crippen molar-refractivity contribution in [3.63, 3.8) is 0 Å². The zero-order chi connectivity index (χ0) is 9.97. The molecule has 1 aliphatic rings. The van der Waals surface area contributed by atoms with Crippen molar-refractivity contribution in [2.24, 2.45) is 0 Å². The summed E-state index contributed by atoms with van der Waals surface area (Å²) in [6.07, 6.45) is 3.42. The Morgan fingerprint density at radius 3 is 3.00 bits per heavy atom. The van der Waals surface area contributed by atoms with Crippen LogP contribution in [0.1, 0.15) is 25.0 Å². The number of aryl methyl sites for hydroxylation is 1. The van der Waals surface area contributed by atoms with E-state index < -0.39 is 6.17 Å². The number of nitrogens with one attached hydrogen (secondary N) is 1. The van der Waals surface area contributed by atoms with Crippen LogP contribution in [-0.4, -0.2) is 22.2 Å². The summed E-state index contributed by atoms with van der Waals surface area (Å²) in [6, 6.07) is 1.73. The number of anilines is 1. The lowest BCUT2D eigenvalue weighted by Gasteiger charge is -2.14. The zero-order valence-corrected chi connectivity index (χ0v) is 8.20. The van der Waals surface area contributed by atoms with Gasteiger partial charge in [0.1, 0.15) is 6.17 Å². The lowest BCUT2D eigenvalue weighted by atomic mass is 10.2. The van der Waals surface area contributed by atoms with Crippen molar-refractivity contribution in [2.75, 3.05) is 5.32 Å². The van der Waals surface area contributed by atoms with Crippen LogP contribution in [0.5, 0.6) is 0 Å². The number of alkyl halides is 1. The Bertz CT molecular complexity index is 316. The van der Waals surface area contributed by atoms with Gasteiger partial charge in [-0.2, -0.15) is 0 Å². The summed E-state index contributed by atoms with van der Waals surface area (Å²) in [6.45, 7) is 1.90. The van der Waals surface area contributed by atoms with Gasteiger partial charge in [-0.3, -0.25) is 0 Å². The topological polar surface area (TPSA) is 37.8 Å². The molecule has 4 heteroatoms. The summed E-state index contributed by atoms with van der Waals surface area (Å²) in [7, 11) is 0. The second-order valence-electron chi connectivity index (χ2n) is 3.72. The van der Waals surface area contributed by atoms with Gasteiger partial charge in [-0.05, 0) is 32.3 Å². The van der Waals surface area contributed by atoms with Crippen molar-refractivity contribution in [1.82, 2.24) is 9.97 Å². The fourth-order valence-corrected chi connectivity index (χ4v) is 1.76. The van der Waals surface area contributed by atoms with Crippen LogP contribution in [0.2, 0.25) is 0 Å². The molecule has 0 radical (unpaired) electrons. The molecule has 0 aromatic carbocycles. The minimum Gasteiger partial charge on any atom is -0.349 e. The third kappa shape index (κ3) is 2.00. The van der Waals surface area contributed by atoms with E-state index in [1.807, 2.05) is 13.0 Å². The Morgan fingerprint density at radius 1 is 1.50 bits per heavy atom. The largest absolute Gasteiger partial charge is 0.349 e. The lowest BCUT2D eigenvalue weighted by molar-refractivity contribution is 0.323. The first-order valence-corrected chi connectivity index (χ1v) is 4.96. The van der Waals surface area contributed by atoms with Crippen molar-refractivity contribution in [1.29, 1.82) is 0 Å². The molecular weight excluding hydrogens is 181 g/mol. The third-order valence-corrected chi connectivity index (χ3v) is 2.54. The maximum absolute atomic E-state index is 13.3. The van der Waals surface area contributed by atoms with Crippen LogP contribution < -0.4 is 5.32 Å². The summed E-state index contributed by atoms with van der Waals surface area (Å²) in [5.74, 6) is 0.541. The molecule has 1 aliphatic carbocycles. The molecule has 1 aromatic rings. The minimum atomic E-state index is -0.751. The van der Waals surface area contributed by atoms with E-state index in [1.54, 1.807) is 6.20 Å². The standard InChI is InChI=1S/C10H14FN3/c1-7-5-6-12-10(13-7)14-9-4-2-3-8(9)11/h5-6,8-9H,2-4H2,1H3,(H,12,13,14). The van der Waals surface area contributed by atoms with Crippen LogP contribution >= 0.6 is 0 Å². The maximum atomic E-state index is 13.3. The van der Waals surface area contributed by atoms with Crippen LogP contribution in [0.4, 0.5) is 10.3 Å². The van der Waals surface area contributed by atoms with Gasteiger partial charge in [0, 0.05) is 11.9 Å². The fraction of sp³-hybridized carbons (Fsp3) is 0.600. The predicted octanol–water partition coefficient (Wildman–Crippen LogP) is 2.09. The Kier molecular flexibility index (Phi) is 2.61. The molecule has 14 heavy (non-hydrogen) atoms. The quantitative estimate of drug-likeness (QED) is 0.785. The number of rotatable bonds is 2. The van der Waals surface area contributed by atoms with Crippen LogP contribution in [0.15, 0.2) is 12.3 Å². The van der Waals surface area contributed by atoms with Gasteiger partial charge in [-0.1, -0.05) is 0 Å². The average Bonchev–Trinajstić information content (AvgIpc) is 2.52. The first kappa shape index (κ1) is 9.37. The highest BCUT2D eigenvalue weighted by Crippen LogP contribution is 2.24. The van der Waals surface area contributed by atoms with Gasteiger partial charge in [-0.15, -0.1) is 0 Å². The summed E-state index contributed by atoms with van der Waals surface area (Å²) in [4.78, 5) is 8.23. The average molecular weight is 195 g/mol. The maximum Gasteiger partial charge on any atom is 0.223 e. The molecule has 0 aliphatic heterocycles. The second-order valence-corrected chi connectivity index (χ2v) is 3.72. The molecule has 0 saturated heterocycles. The molecular formula is C10H14FN3. The van der Waals surface area contributed by atoms with Gasteiger partial charge in [0.15, 0.2) is 0 Å².